The van der Waals surface area contributed by atoms with Crippen molar-refractivity contribution in [2.75, 3.05) is 28.4 Å². The standard InChI is InChI=1S/2C18H21N3O2S/c1-11-9-19-15(12(2)17(11)23-5)10-24-18-20-14-8-13(22-4)6-7-16(14)21(18)3;1-11-9-19-15(12(2)17(11)23-5)10-24-18-20-14-7-6-13(22-4)8-16(14)21(18)3/h2*6-9H,10H2,1-5H3. The molecular weight excluding hydrogens is 645 g/mol. The molecule has 0 bridgehead atoms. The van der Waals surface area contributed by atoms with Crippen LogP contribution in [0.1, 0.15) is 33.6 Å². The van der Waals surface area contributed by atoms with Crippen LogP contribution in [0.25, 0.3) is 22.1 Å². The maximum atomic E-state index is 5.48. The second-order valence-electron chi connectivity index (χ2n) is 11.3. The van der Waals surface area contributed by atoms with E-state index in [1.165, 1.54) is 0 Å². The average Bonchev–Trinajstić information content (AvgIpc) is 3.58. The van der Waals surface area contributed by atoms with Crippen LogP contribution in [-0.4, -0.2) is 57.5 Å². The molecular formula is C36H42N6O4S2. The summed E-state index contributed by atoms with van der Waals surface area (Å²) >= 11 is 3.34. The molecule has 6 aromatic rings. The summed E-state index contributed by atoms with van der Waals surface area (Å²) in [4.78, 5) is 18.5. The van der Waals surface area contributed by atoms with Crippen LogP contribution in [0, 0.1) is 27.7 Å². The van der Waals surface area contributed by atoms with Gasteiger partial charge in [-0.25, -0.2) is 9.97 Å². The van der Waals surface area contributed by atoms with Crippen molar-refractivity contribution in [2.24, 2.45) is 14.1 Å². The highest BCUT2D eigenvalue weighted by atomic mass is 32.2. The molecule has 0 aliphatic carbocycles. The molecule has 0 saturated carbocycles. The minimum atomic E-state index is 0.747. The Morgan fingerprint density at radius 3 is 1.58 bits per heavy atom. The van der Waals surface area contributed by atoms with Crippen LogP contribution < -0.4 is 18.9 Å². The summed E-state index contributed by atoms with van der Waals surface area (Å²) < 4.78 is 25.7. The van der Waals surface area contributed by atoms with Crippen LogP contribution in [0.4, 0.5) is 0 Å². The summed E-state index contributed by atoms with van der Waals surface area (Å²) in [6.07, 6.45) is 3.73. The number of hydrogen-bond acceptors (Lipinski definition) is 10. The quantitative estimate of drug-likeness (QED) is 0.133. The van der Waals surface area contributed by atoms with Crippen molar-refractivity contribution in [3.63, 3.8) is 0 Å². The minimum Gasteiger partial charge on any atom is -0.497 e. The van der Waals surface area contributed by atoms with E-state index in [-0.39, 0.29) is 0 Å². The predicted molar refractivity (Wildman–Crippen MR) is 194 cm³/mol. The van der Waals surface area contributed by atoms with E-state index in [2.05, 4.69) is 32.9 Å². The maximum Gasteiger partial charge on any atom is 0.169 e. The van der Waals surface area contributed by atoms with Crippen LogP contribution >= 0.6 is 23.5 Å². The van der Waals surface area contributed by atoms with Gasteiger partial charge in [0.2, 0.25) is 0 Å². The lowest BCUT2D eigenvalue weighted by molar-refractivity contribution is 0.407. The molecule has 10 nitrogen and oxygen atoms in total. The Morgan fingerprint density at radius 2 is 1.06 bits per heavy atom. The highest BCUT2D eigenvalue weighted by Gasteiger charge is 2.15. The first kappa shape index (κ1) is 34.9. The molecule has 252 valence electrons. The molecule has 0 fully saturated rings. The third-order valence-electron chi connectivity index (χ3n) is 8.27. The van der Waals surface area contributed by atoms with Gasteiger partial charge in [0.25, 0.3) is 0 Å². The lowest BCUT2D eigenvalue weighted by Gasteiger charge is -2.11. The van der Waals surface area contributed by atoms with Gasteiger partial charge in [0.15, 0.2) is 10.3 Å². The fourth-order valence-corrected chi connectivity index (χ4v) is 7.54. The van der Waals surface area contributed by atoms with Gasteiger partial charge in [-0.05, 0) is 52.0 Å². The fraction of sp³-hybridized carbons (Fsp3) is 0.333. The normalized spacial score (nSPS) is 11.0. The average molecular weight is 687 g/mol. The van der Waals surface area contributed by atoms with E-state index in [1.54, 1.807) is 52.0 Å². The van der Waals surface area contributed by atoms with Gasteiger partial charge in [0.1, 0.15) is 23.0 Å². The van der Waals surface area contributed by atoms with Gasteiger partial charge in [-0.3, -0.25) is 9.97 Å². The Balaban J connectivity index is 0.000000188. The van der Waals surface area contributed by atoms with Crippen LogP contribution in [-0.2, 0) is 25.6 Å². The van der Waals surface area contributed by atoms with Crippen molar-refractivity contribution >= 4 is 45.6 Å². The molecule has 0 radical (unpaired) electrons. The number of aryl methyl sites for hydroxylation is 4. The van der Waals surface area contributed by atoms with Crippen LogP contribution in [0.5, 0.6) is 23.0 Å². The van der Waals surface area contributed by atoms with E-state index < -0.39 is 0 Å². The lowest BCUT2D eigenvalue weighted by Crippen LogP contribution is -1.99. The van der Waals surface area contributed by atoms with Gasteiger partial charge in [-0.15, -0.1) is 0 Å². The first-order chi connectivity index (χ1) is 23.1. The number of hydrogen-bond donors (Lipinski definition) is 0. The Bertz CT molecular complexity index is 2010. The number of thioether (sulfide) groups is 2. The Kier molecular flexibility index (Phi) is 11.1. The minimum absolute atomic E-state index is 0.747. The fourth-order valence-electron chi connectivity index (χ4n) is 5.52. The molecule has 6 rings (SSSR count). The number of rotatable bonds is 10. The van der Waals surface area contributed by atoms with Crippen molar-refractivity contribution in [1.82, 2.24) is 29.1 Å². The number of fused-ring (bicyclic) bond motifs is 2. The number of ether oxygens (including phenoxy) is 4. The van der Waals surface area contributed by atoms with E-state index in [9.17, 15) is 0 Å². The molecule has 0 aliphatic heterocycles. The zero-order valence-electron chi connectivity index (χ0n) is 29.2. The van der Waals surface area contributed by atoms with E-state index >= 15 is 0 Å². The van der Waals surface area contributed by atoms with Gasteiger partial charge in [-0.1, -0.05) is 23.5 Å². The van der Waals surface area contributed by atoms with Crippen molar-refractivity contribution < 1.29 is 18.9 Å². The van der Waals surface area contributed by atoms with Gasteiger partial charge in [-0.2, -0.15) is 0 Å². The molecule has 0 spiro atoms. The molecule has 48 heavy (non-hydrogen) atoms. The molecule has 12 heteroatoms. The van der Waals surface area contributed by atoms with Crippen molar-refractivity contribution in [2.45, 2.75) is 49.5 Å². The first-order valence-corrected chi connectivity index (χ1v) is 17.3. The van der Waals surface area contributed by atoms with Gasteiger partial charge < -0.3 is 28.1 Å². The Morgan fingerprint density at radius 1 is 0.583 bits per heavy atom. The molecule has 0 saturated heterocycles. The highest BCUT2D eigenvalue weighted by Crippen LogP contribution is 2.32. The SMILES string of the molecule is COc1ccc2c(c1)nc(SCc1ncc(C)c(OC)c1C)n2C.COc1ccc2nc(SCc3ncc(C)c(OC)c3C)n(C)c2c1. The zero-order chi connectivity index (χ0) is 34.5. The summed E-state index contributed by atoms with van der Waals surface area (Å²) in [7, 11) is 10.8. The summed E-state index contributed by atoms with van der Waals surface area (Å²) in [6.45, 7) is 8.12. The number of benzene rings is 2. The molecule has 0 aliphatic rings. The van der Waals surface area contributed by atoms with E-state index in [0.29, 0.717) is 0 Å². The third kappa shape index (κ3) is 7.19. The topological polar surface area (TPSA) is 98.3 Å². The summed E-state index contributed by atoms with van der Waals surface area (Å²) in [5.74, 6) is 4.97. The second-order valence-corrected chi connectivity index (χ2v) is 13.2. The highest BCUT2D eigenvalue weighted by molar-refractivity contribution is 7.98. The maximum absolute atomic E-state index is 5.48. The number of pyridine rings is 2. The van der Waals surface area contributed by atoms with E-state index in [0.717, 1.165) is 101 Å². The number of nitrogens with zero attached hydrogens (tertiary/aromatic N) is 6. The summed E-state index contributed by atoms with van der Waals surface area (Å²) in [6, 6.07) is 11.9. The molecule has 2 aromatic carbocycles. The van der Waals surface area contributed by atoms with Gasteiger partial charge in [0.05, 0.1) is 61.9 Å². The Hall–Kier alpha value is -4.42. The number of aromatic nitrogens is 6. The van der Waals surface area contributed by atoms with Gasteiger partial charge >= 0.3 is 0 Å². The van der Waals surface area contributed by atoms with Gasteiger partial charge in [0, 0.05) is 72.4 Å². The summed E-state index contributed by atoms with van der Waals surface area (Å²) in [5.41, 5.74) is 10.4. The molecule has 4 heterocycles. The smallest absolute Gasteiger partial charge is 0.169 e. The van der Waals surface area contributed by atoms with Crippen LogP contribution in [0.2, 0.25) is 0 Å². The zero-order valence-corrected chi connectivity index (χ0v) is 30.8. The third-order valence-corrected chi connectivity index (χ3v) is 10.4. The molecule has 0 N–H and O–H groups in total. The lowest BCUT2D eigenvalue weighted by atomic mass is 10.1. The van der Waals surface area contributed by atoms with Crippen molar-refractivity contribution in [1.29, 1.82) is 0 Å². The molecule has 0 amide bonds. The number of methoxy groups -OCH3 is 4. The van der Waals surface area contributed by atoms with E-state index in [4.69, 9.17) is 28.9 Å². The van der Waals surface area contributed by atoms with Crippen molar-refractivity contribution in [3.05, 3.63) is 82.4 Å². The summed E-state index contributed by atoms with van der Waals surface area (Å²) in [5, 5.41) is 1.91. The van der Waals surface area contributed by atoms with E-state index in [1.807, 2.05) is 76.7 Å². The van der Waals surface area contributed by atoms with Crippen molar-refractivity contribution in [3.8, 4) is 23.0 Å². The molecule has 0 unspecified atom stereocenters. The Labute approximate surface area is 290 Å². The monoisotopic (exact) mass is 686 g/mol. The number of imidazole rings is 2. The largest absolute Gasteiger partial charge is 0.497 e. The molecule has 0 atom stereocenters. The van der Waals surface area contributed by atoms with Crippen LogP contribution in [0.3, 0.4) is 0 Å². The first-order valence-electron chi connectivity index (χ1n) is 15.3. The second kappa shape index (κ2) is 15.2. The van der Waals surface area contributed by atoms with Crippen LogP contribution in [0.15, 0.2) is 59.1 Å². The molecule has 4 aromatic heterocycles. The predicted octanol–water partition coefficient (Wildman–Crippen LogP) is 7.79.